The molecule has 0 aromatic carbocycles. The van der Waals surface area contributed by atoms with Gasteiger partial charge in [-0.2, -0.15) is 13.2 Å². The van der Waals surface area contributed by atoms with E-state index in [2.05, 4.69) is 4.90 Å². The second-order valence-electron chi connectivity index (χ2n) is 4.81. The lowest BCUT2D eigenvalue weighted by molar-refractivity contribution is -0.188. The molecule has 1 saturated heterocycles. The normalized spacial score (nSPS) is 22.9. The zero-order valence-electron chi connectivity index (χ0n) is 11.3. The molecule has 2 unspecified atom stereocenters. The molecule has 0 radical (unpaired) electrons. The fourth-order valence-electron chi connectivity index (χ4n) is 2.71. The highest BCUT2D eigenvalue weighted by atomic mass is 19.4. The van der Waals surface area contributed by atoms with Crippen molar-refractivity contribution in [3.05, 3.63) is 0 Å². The number of alkyl halides is 3. The molecular weight excluding hydrogens is 261 g/mol. The maximum Gasteiger partial charge on any atom is 0.404 e. The molecule has 1 rings (SSSR count). The number of hydrogen-bond acceptors (Lipinski definition) is 3. The summed E-state index contributed by atoms with van der Waals surface area (Å²) in [5.41, 5.74) is 0. The summed E-state index contributed by atoms with van der Waals surface area (Å²) in [4.78, 5) is 14.0. The van der Waals surface area contributed by atoms with Crippen molar-refractivity contribution in [3.8, 4) is 0 Å². The molecular formula is C12H21F3N2O2. The van der Waals surface area contributed by atoms with Gasteiger partial charge in [-0.25, -0.2) is 0 Å². The molecule has 0 aliphatic carbocycles. The standard InChI is InChI=1S/C12H21F3N2O2/c1-3-16(4-2)9-5-6-17(8-9)10(7-11(18)19)12(13,14)15/h9-10H,3-8H2,1-2H3,(H,18,19). The number of rotatable bonds is 6. The molecule has 1 fully saturated rings. The van der Waals surface area contributed by atoms with Crippen LogP contribution in [0.4, 0.5) is 13.2 Å². The average molecular weight is 282 g/mol. The van der Waals surface area contributed by atoms with Crippen molar-refractivity contribution in [1.82, 2.24) is 9.80 Å². The van der Waals surface area contributed by atoms with Gasteiger partial charge in [0.1, 0.15) is 6.04 Å². The van der Waals surface area contributed by atoms with Crippen LogP contribution >= 0.6 is 0 Å². The van der Waals surface area contributed by atoms with Gasteiger partial charge in [-0.15, -0.1) is 0 Å². The Bertz CT molecular complexity index is 306. The second-order valence-corrected chi connectivity index (χ2v) is 4.81. The Labute approximate surface area is 111 Å². The largest absolute Gasteiger partial charge is 0.481 e. The Morgan fingerprint density at radius 3 is 2.42 bits per heavy atom. The molecule has 1 N–H and O–H groups in total. The fraction of sp³-hybridized carbons (Fsp3) is 0.917. The van der Waals surface area contributed by atoms with E-state index in [9.17, 15) is 18.0 Å². The molecule has 0 amide bonds. The van der Waals surface area contributed by atoms with Gasteiger partial charge in [0.15, 0.2) is 0 Å². The van der Waals surface area contributed by atoms with Crippen LogP contribution in [0.5, 0.6) is 0 Å². The third-order valence-electron chi connectivity index (χ3n) is 3.71. The van der Waals surface area contributed by atoms with Gasteiger partial charge in [-0.3, -0.25) is 14.6 Å². The van der Waals surface area contributed by atoms with Crippen LogP contribution < -0.4 is 0 Å². The number of aliphatic carboxylic acids is 1. The van der Waals surface area contributed by atoms with E-state index >= 15 is 0 Å². The molecule has 0 bridgehead atoms. The molecule has 0 saturated carbocycles. The number of likely N-dealkylation sites (N-methyl/N-ethyl adjacent to an activating group) is 1. The van der Waals surface area contributed by atoms with Crippen molar-refractivity contribution in [3.63, 3.8) is 0 Å². The van der Waals surface area contributed by atoms with E-state index in [0.717, 1.165) is 13.1 Å². The lowest BCUT2D eigenvalue weighted by atomic mass is 10.1. The van der Waals surface area contributed by atoms with Crippen LogP contribution in [0.2, 0.25) is 0 Å². The molecule has 4 nitrogen and oxygen atoms in total. The Kier molecular flexibility index (Phi) is 5.61. The maximum absolute atomic E-state index is 12.9. The first kappa shape index (κ1) is 16.2. The van der Waals surface area contributed by atoms with Gasteiger partial charge in [0.2, 0.25) is 0 Å². The summed E-state index contributed by atoms with van der Waals surface area (Å²) in [6.45, 7) is 6.14. The van der Waals surface area contributed by atoms with Gasteiger partial charge in [-0.1, -0.05) is 13.8 Å². The first-order valence-corrected chi connectivity index (χ1v) is 6.56. The van der Waals surface area contributed by atoms with Crippen LogP contribution in [0.25, 0.3) is 0 Å². The SMILES string of the molecule is CCN(CC)C1CCN(C(CC(=O)O)C(F)(F)F)C1. The van der Waals surface area contributed by atoms with Crippen LogP contribution in [0, 0.1) is 0 Å². The second kappa shape index (κ2) is 6.56. The Hall–Kier alpha value is -0.820. The van der Waals surface area contributed by atoms with Crippen LogP contribution in [0.1, 0.15) is 26.7 Å². The van der Waals surface area contributed by atoms with Gasteiger partial charge in [-0.05, 0) is 19.5 Å². The smallest absolute Gasteiger partial charge is 0.404 e. The van der Waals surface area contributed by atoms with Gasteiger partial charge in [0, 0.05) is 19.1 Å². The van der Waals surface area contributed by atoms with E-state index in [-0.39, 0.29) is 6.04 Å². The first-order valence-electron chi connectivity index (χ1n) is 6.56. The number of halogens is 3. The van der Waals surface area contributed by atoms with Crippen molar-refractivity contribution in [2.75, 3.05) is 26.2 Å². The minimum atomic E-state index is -4.49. The molecule has 7 heteroatoms. The third kappa shape index (κ3) is 4.35. The molecule has 0 spiro atoms. The van der Waals surface area contributed by atoms with E-state index in [1.165, 1.54) is 4.90 Å². The van der Waals surface area contributed by atoms with E-state index in [4.69, 9.17) is 5.11 Å². The molecule has 1 heterocycles. The molecule has 1 aliphatic heterocycles. The summed E-state index contributed by atoms with van der Waals surface area (Å²) in [5.74, 6) is -1.41. The molecule has 19 heavy (non-hydrogen) atoms. The van der Waals surface area contributed by atoms with Crippen LogP contribution in [0.3, 0.4) is 0 Å². The van der Waals surface area contributed by atoms with E-state index < -0.39 is 24.6 Å². The van der Waals surface area contributed by atoms with Crippen LogP contribution in [-0.2, 0) is 4.79 Å². The third-order valence-corrected chi connectivity index (χ3v) is 3.71. The minimum Gasteiger partial charge on any atom is -0.481 e. The average Bonchev–Trinajstić information content (AvgIpc) is 2.75. The highest BCUT2D eigenvalue weighted by Crippen LogP contribution is 2.30. The van der Waals surface area contributed by atoms with E-state index in [1.807, 2.05) is 13.8 Å². The Balaban J connectivity index is 2.70. The summed E-state index contributed by atoms with van der Waals surface area (Å²) in [5, 5.41) is 8.64. The molecule has 0 aromatic rings. The number of hydrogen-bond donors (Lipinski definition) is 1. The van der Waals surface area contributed by atoms with E-state index in [1.54, 1.807) is 0 Å². The number of likely N-dealkylation sites (tertiary alicyclic amines) is 1. The quantitative estimate of drug-likeness (QED) is 0.807. The summed E-state index contributed by atoms with van der Waals surface area (Å²) < 4.78 is 38.7. The van der Waals surface area contributed by atoms with Crippen LogP contribution in [-0.4, -0.2) is 65.3 Å². The van der Waals surface area contributed by atoms with Crippen molar-refractivity contribution < 1.29 is 23.1 Å². The number of nitrogens with zero attached hydrogens (tertiary/aromatic N) is 2. The Morgan fingerprint density at radius 2 is 2.00 bits per heavy atom. The highest BCUT2D eigenvalue weighted by molar-refractivity contribution is 5.67. The fourth-order valence-corrected chi connectivity index (χ4v) is 2.71. The van der Waals surface area contributed by atoms with Gasteiger partial charge >= 0.3 is 12.1 Å². The van der Waals surface area contributed by atoms with Crippen LogP contribution in [0.15, 0.2) is 0 Å². The maximum atomic E-state index is 12.9. The van der Waals surface area contributed by atoms with Crippen molar-refractivity contribution >= 4 is 5.97 Å². The summed E-state index contributed by atoms with van der Waals surface area (Å²) in [7, 11) is 0. The van der Waals surface area contributed by atoms with Gasteiger partial charge in [0.25, 0.3) is 0 Å². The number of carboxylic acid groups (broad SMARTS) is 1. The molecule has 0 aromatic heterocycles. The predicted molar refractivity (Wildman–Crippen MR) is 65.0 cm³/mol. The topological polar surface area (TPSA) is 43.8 Å². The van der Waals surface area contributed by atoms with Crippen molar-refractivity contribution in [2.45, 2.75) is 44.9 Å². The van der Waals surface area contributed by atoms with Gasteiger partial charge < -0.3 is 5.11 Å². The minimum absolute atomic E-state index is 0.0913. The first-order chi connectivity index (χ1) is 8.79. The lowest BCUT2D eigenvalue weighted by Gasteiger charge is -2.30. The van der Waals surface area contributed by atoms with Crippen molar-refractivity contribution in [1.29, 1.82) is 0 Å². The predicted octanol–water partition coefficient (Wildman–Crippen LogP) is 1.81. The number of carboxylic acids is 1. The van der Waals surface area contributed by atoms with Gasteiger partial charge in [0.05, 0.1) is 6.42 Å². The number of carbonyl (C=O) groups is 1. The Morgan fingerprint density at radius 1 is 1.42 bits per heavy atom. The molecule has 1 aliphatic rings. The molecule has 112 valence electrons. The zero-order chi connectivity index (χ0) is 14.6. The lowest BCUT2D eigenvalue weighted by Crippen LogP contribution is -2.47. The summed E-state index contributed by atoms with van der Waals surface area (Å²) >= 11 is 0. The zero-order valence-corrected chi connectivity index (χ0v) is 11.3. The summed E-state index contributed by atoms with van der Waals surface area (Å²) in [6, 6.07) is -1.78. The van der Waals surface area contributed by atoms with Crippen molar-refractivity contribution in [2.24, 2.45) is 0 Å². The monoisotopic (exact) mass is 282 g/mol. The summed E-state index contributed by atoms with van der Waals surface area (Å²) in [6.07, 6.45) is -4.71. The highest BCUT2D eigenvalue weighted by Gasteiger charge is 2.47. The molecule has 2 atom stereocenters. The van der Waals surface area contributed by atoms with E-state index in [0.29, 0.717) is 19.5 Å².